The average Bonchev–Trinajstić information content (AvgIpc) is 3.02. The van der Waals surface area contributed by atoms with E-state index in [4.69, 9.17) is 5.26 Å². The van der Waals surface area contributed by atoms with Gasteiger partial charge < -0.3 is 10.2 Å². The van der Waals surface area contributed by atoms with Crippen molar-refractivity contribution in [1.29, 1.82) is 5.26 Å². The summed E-state index contributed by atoms with van der Waals surface area (Å²) in [5.74, 6) is -0.0199. The summed E-state index contributed by atoms with van der Waals surface area (Å²) >= 11 is 0. The fourth-order valence-electron chi connectivity index (χ4n) is 2.72. The van der Waals surface area contributed by atoms with Crippen LogP contribution >= 0.6 is 0 Å². The number of benzene rings is 1. The molecule has 1 unspecified atom stereocenters. The van der Waals surface area contributed by atoms with E-state index in [-0.39, 0.29) is 11.9 Å². The van der Waals surface area contributed by atoms with Gasteiger partial charge >= 0.3 is 0 Å². The number of nitrogens with one attached hydrogen (secondary N) is 1. The van der Waals surface area contributed by atoms with E-state index in [1.807, 2.05) is 24.3 Å². The van der Waals surface area contributed by atoms with Crippen LogP contribution in [0.25, 0.3) is 10.9 Å². The molecular formula is C17H16N4O. The van der Waals surface area contributed by atoms with Crippen molar-refractivity contribution >= 4 is 22.5 Å². The quantitative estimate of drug-likeness (QED) is 0.881. The van der Waals surface area contributed by atoms with E-state index in [2.05, 4.69) is 22.9 Å². The lowest BCUT2D eigenvalue weighted by atomic mass is 10.1. The van der Waals surface area contributed by atoms with Crippen LogP contribution in [-0.2, 0) is 4.79 Å². The van der Waals surface area contributed by atoms with Crippen molar-refractivity contribution in [3.8, 4) is 6.07 Å². The third-order valence-corrected chi connectivity index (χ3v) is 3.86. The Labute approximate surface area is 128 Å². The van der Waals surface area contributed by atoms with Gasteiger partial charge in [0.1, 0.15) is 6.07 Å². The van der Waals surface area contributed by atoms with E-state index < -0.39 is 0 Å². The van der Waals surface area contributed by atoms with Crippen LogP contribution in [0.1, 0.15) is 12.0 Å². The van der Waals surface area contributed by atoms with Gasteiger partial charge in [-0.2, -0.15) is 5.26 Å². The molecule has 1 fully saturated rings. The minimum absolute atomic E-state index is 0.0199. The van der Waals surface area contributed by atoms with Gasteiger partial charge in [-0.1, -0.05) is 12.6 Å². The number of amides is 1. The molecule has 1 N–H and O–H groups in total. The number of nitriles is 1. The highest BCUT2D eigenvalue weighted by atomic mass is 16.2. The second-order valence-electron chi connectivity index (χ2n) is 5.36. The molecule has 0 bridgehead atoms. The second-order valence-corrected chi connectivity index (χ2v) is 5.36. The lowest BCUT2D eigenvalue weighted by Crippen LogP contribution is -2.30. The summed E-state index contributed by atoms with van der Waals surface area (Å²) in [5, 5.41) is 13.3. The molecule has 1 aromatic carbocycles. The number of carbonyl (C=O) groups is 1. The molecule has 0 spiro atoms. The van der Waals surface area contributed by atoms with Crippen LogP contribution in [0, 0.1) is 11.3 Å². The summed E-state index contributed by atoms with van der Waals surface area (Å²) in [6, 6.07) is 10.0. The van der Waals surface area contributed by atoms with Gasteiger partial charge in [0.2, 0.25) is 5.91 Å². The number of hydrogen-bond donors (Lipinski definition) is 1. The number of aromatic nitrogens is 1. The Morgan fingerprint density at radius 2 is 2.36 bits per heavy atom. The van der Waals surface area contributed by atoms with Crippen molar-refractivity contribution in [2.45, 2.75) is 12.5 Å². The SMILES string of the molecule is C=CC(=O)N1CCC(Nc2ccc3cc(C#N)cnc3c2)C1. The van der Waals surface area contributed by atoms with Crippen molar-refractivity contribution in [2.24, 2.45) is 0 Å². The van der Waals surface area contributed by atoms with Crippen LogP contribution in [0.2, 0.25) is 0 Å². The zero-order valence-electron chi connectivity index (χ0n) is 12.1. The van der Waals surface area contributed by atoms with Crippen LogP contribution in [0.3, 0.4) is 0 Å². The maximum Gasteiger partial charge on any atom is 0.246 e. The highest BCUT2D eigenvalue weighted by molar-refractivity contribution is 5.87. The first-order valence-corrected chi connectivity index (χ1v) is 7.17. The van der Waals surface area contributed by atoms with Gasteiger partial charge in [-0.3, -0.25) is 9.78 Å². The van der Waals surface area contributed by atoms with Gasteiger partial charge in [-0.15, -0.1) is 0 Å². The van der Waals surface area contributed by atoms with Crippen molar-refractivity contribution in [2.75, 3.05) is 18.4 Å². The number of hydrogen-bond acceptors (Lipinski definition) is 4. The first-order chi connectivity index (χ1) is 10.7. The van der Waals surface area contributed by atoms with Crippen molar-refractivity contribution < 1.29 is 4.79 Å². The van der Waals surface area contributed by atoms with Crippen LogP contribution in [0.5, 0.6) is 0 Å². The standard InChI is InChI=1S/C17H16N4O/c1-2-17(22)21-6-5-15(11-21)20-14-4-3-13-7-12(9-18)10-19-16(13)8-14/h2-4,7-8,10,15,20H,1,5-6,11H2. The van der Waals surface area contributed by atoms with Crippen LogP contribution in [0.15, 0.2) is 43.1 Å². The number of pyridine rings is 1. The molecule has 22 heavy (non-hydrogen) atoms. The summed E-state index contributed by atoms with van der Waals surface area (Å²) in [6.07, 6.45) is 3.85. The summed E-state index contributed by atoms with van der Waals surface area (Å²) in [5.41, 5.74) is 2.38. The first-order valence-electron chi connectivity index (χ1n) is 7.17. The lowest BCUT2D eigenvalue weighted by Gasteiger charge is -2.16. The number of carbonyl (C=O) groups excluding carboxylic acids is 1. The van der Waals surface area contributed by atoms with E-state index in [1.54, 1.807) is 11.1 Å². The van der Waals surface area contributed by atoms with Crippen molar-refractivity contribution in [3.63, 3.8) is 0 Å². The third-order valence-electron chi connectivity index (χ3n) is 3.86. The largest absolute Gasteiger partial charge is 0.380 e. The molecular weight excluding hydrogens is 276 g/mol. The molecule has 5 heteroatoms. The zero-order chi connectivity index (χ0) is 15.5. The average molecular weight is 292 g/mol. The summed E-state index contributed by atoms with van der Waals surface area (Å²) in [4.78, 5) is 17.7. The van der Waals surface area contributed by atoms with Crippen LogP contribution in [0.4, 0.5) is 5.69 Å². The molecule has 2 heterocycles. The normalized spacial score (nSPS) is 17.2. The molecule has 3 rings (SSSR count). The Bertz CT molecular complexity index is 778. The highest BCUT2D eigenvalue weighted by Crippen LogP contribution is 2.21. The molecule has 5 nitrogen and oxygen atoms in total. The van der Waals surface area contributed by atoms with Gasteiger partial charge in [0, 0.05) is 36.4 Å². The Morgan fingerprint density at radius 3 is 3.14 bits per heavy atom. The summed E-state index contributed by atoms with van der Waals surface area (Å²) < 4.78 is 0. The zero-order valence-corrected chi connectivity index (χ0v) is 12.1. The number of likely N-dealkylation sites (tertiary alicyclic amines) is 1. The van der Waals surface area contributed by atoms with Gasteiger partial charge in [0.25, 0.3) is 0 Å². The highest BCUT2D eigenvalue weighted by Gasteiger charge is 2.24. The predicted octanol–water partition coefficient (Wildman–Crippen LogP) is 2.31. The molecule has 0 radical (unpaired) electrons. The number of nitrogens with zero attached hydrogens (tertiary/aromatic N) is 3. The smallest absolute Gasteiger partial charge is 0.246 e. The second kappa shape index (κ2) is 5.86. The Hall–Kier alpha value is -2.87. The molecule has 1 aliphatic heterocycles. The molecule has 0 aliphatic carbocycles. The van der Waals surface area contributed by atoms with E-state index in [1.165, 1.54) is 6.08 Å². The lowest BCUT2D eigenvalue weighted by molar-refractivity contribution is -0.125. The fourth-order valence-corrected chi connectivity index (χ4v) is 2.72. The molecule has 1 aliphatic rings. The number of rotatable bonds is 3. The number of fused-ring (bicyclic) bond motifs is 1. The maximum absolute atomic E-state index is 11.6. The molecule has 1 amide bonds. The van der Waals surface area contributed by atoms with Crippen LogP contribution in [-0.4, -0.2) is 34.9 Å². The van der Waals surface area contributed by atoms with Gasteiger partial charge in [0.15, 0.2) is 0 Å². The minimum atomic E-state index is -0.0199. The molecule has 110 valence electrons. The molecule has 1 atom stereocenters. The molecule has 1 saturated heterocycles. The summed E-state index contributed by atoms with van der Waals surface area (Å²) in [7, 11) is 0. The topological polar surface area (TPSA) is 69.0 Å². The third kappa shape index (κ3) is 2.77. The summed E-state index contributed by atoms with van der Waals surface area (Å²) in [6.45, 7) is 4.95. The first kappa shape index (κ1) is 14.1. The molecule has 0 saturated carbocycles. The maximum atomic E-state index is 11.6. The Kier molecular flexibility index (Phi) is 3.75. The monoisotopic (exact) mass is 292 g/mol. The van der Waals surface area contributed by atoms with Gasteiger partial charge in [-0.25, -0.2) is 0 Å². The number of anilines is 1. The Balaban J connectivity index is 1.74. The van der Waals surface area contributed by atoms with Gasteiger partial charge in [-0.05, 0) is 30.7 Å². The van der Waals surface area contributed by atoms with E-state index in [9.17, 15) is 4.79 Å². The van der Waals surface area contributed by atoms with E-state index >= 15 is 0 Å². The minimum Gasteiger partial charge on any atom is -0.380 e. The van der Waals surface area contributed by atoms with Crippen LogP contribution < -0.4 is 5.32 Å². The Morgan fingerprint density at radius 1 is 1.50 bits per heavy atom. The van der Waals surface area contributed by atoms with E-state index in [0.717, 1.165) is 29.6 Å². The van der Waals surface area contributed by atoms with E-state index in [0.29, 0.717) is 12.1 Å². The van der Waals surface area contributed by atoms with Gasteiger partial charge in [0.05, 0.1) is 11.1 Å². The van der Waals surface area contributed by atoms with Crippen molar-refractivity contribution in [1.82, 2.24) is 9.88 Å². The molecule has 1 aromatic heterocycles. The predicted molar refractivity (Wildman–Crippen MR) is 85.3 cm³/mol. The van der Waals surface area contributed by atoms with Crippen molar-refractivity contribution in [3.05, 3.63) is 48.7 Å². The molecule has 2 aromatic rings. The fraction of sp³-hybridized carbons (Fsp3) is 0.235.